The first-order valence-electron chi connectivity index (χ1n) is 5.02. The second-order valence-corrected chi connectivity index (χ2v) is 3.41. The quantitative estimate of drug-likeness (QED) is 0.549. The molecule has 1 unspecified atom stereocenters. The van der Waals surface area contributed by atoms with Crippen LogP contribution in [-0.4, -0.2) is 18.6 Å². The summed E-state index contributed by atoms with van der Waals surface area (Å²) in [7, 11) is 0. The Kier molecular flexibility index (Phi) is 4.40. The first-order chi connectivity index (χ1) is 6.72. The fraction of sp³-hybridized carbons (Fsp3) is 0.545. The molecule has 0 heterocycles. The summed E-state index contributed by atoms with van der Waals surface area (Å²) < 4.78 is 4.78. The Balaban J connectivity index is 2.43. The third-order valence-electron chi connectivity index (χ3n) is 2.16. The van der Waals surface area contributed by atoms with E-state index in [4.69, 9.17) is 10.5 Å². The summed E-state index contributed by atoms with van der Waals surface area (Å²) in [6.45, 7) is 2.21. The van der Waals surface area contributed by atoms with Gasteiger partial charge in [-0.25, -0.2) is 4.79 Å². The van der Waals surface area contributed by atoms with Gasteiger partial charge in [0.1, 0.15) is 0 Å². The van der Waals surface area contributed by atoms with Gasteiger partial charge in [-0.05, 0) is 26.2 Å². The standard InChI is InChI=1S/C11H17NO2/c1-2-14-11(13)7-6-9-4-3-5-10(12)8-9/h4,6-7,10H,2-3,5,8,12H2,1H3/b7-6+. The summed E-state index contributed by atoms with van der Waals surface area (Å²) in [6.07, 6.45) is 8.29. The second-order valence-electron chi connectivity index (χ2n) is 3.41. The van der Waals surface area contributed by atoms with Gasteiger partial charge in [0.2, 0.25) is 0 Å². The molecule has 1 rings (SSSR count). The molecule has 0 aromatic rings. The van der Waals surface area contributed by atoms with Crippen LogP contribution >= 0.6 is 0 Å². The molecule has 1 aliphatic carbocycles. The van der Waals surface area contributed by atoms with Crippen molar-refractivity contribution in [3.8, 4) is 0 Å². The van der Waals surface area contributed by atoms with E-state index in [0.29, 0.717) is 6.61 Å². The van der Waals surface area contributed by atoms with E-state index in [1.807, 2.05) is 0 Å². The third-order valence-corrected chi connectivity index (χ3v) is 2.16. The van der Waals surface area contributed by atoms with Crippen LogP contribution in [0.3, 0.4) is 0 Å². The van der Waals surface area contributed by atoms with Gasteiger partial charge in [-0.2, -0.15) is 0 Å². The molecule has 2 N–H and O–H groups in total. The Bertz CT molecular complexity index is 256. The maximum Gasteiger partial charge on any atom is 0.330 e. The lowest BCUT2D eigenvalue weighted by molar-refractivity contribution is -0.137. The number of rotatable bonds is 3. The van der Waals surface area contributed by atoms with Crippen molar-refractivity contribution in [1.29, 1.82) is 0 Å². The molecule has 0 bridgehead atoms. The normalized spacial score (nSPS) is 22.1. The summed E-state index contributed by atoms with van der Waals surface area (Å²) in [5, 5.41) is 0. The maximum absolute atomic E-state index is 11.0. The number of allylic oxidation sites excluding steroid dienone is 2. The predicted octanol–water partition coefficient (Wildman–Crippen LogP) is 1.54. The van der Waals surface area contributed by atoms with Crippen molar-refractivity contribution in [2.24, 2.45) is 5.73 Å². The summed E-state index contributed by atoms with van der Waals surface area (Å²) in [4.78, 5) is 11.0. The van der Waals surface area contributed by atoms with E-state index in [2.05, 4.69) is 6.08 Å². The highest BCUT2D eigenvalue weighted by atomic mass is 16.5. The summed E-state index contributed by atoms with van der Waals surface area (Å²) >= 11 is 0. The minimum Gasteiger partial charge on any atom is -0.463 e. The third kappa shape index (κ3) is 3.75. The molecule has 0 aliphatic heterocycles. The molecular weight excluding hydrogens is 178 g/mol. The highest BCUT2D eigenvalue weighted by Gasteiger charge is 2.09. The molecule has 3 heteroatoms. The number of carbonyl (C=O) groups excluding carboxylic acids is 1. The van der Waals surface area contributed by atoms with Crippen molar-refractivity contribution in [3.05, 3.63) is 23.8 Å². The lowest BCUT2D eigenvalue weighted by atomic mass is 9.95. The second kappa shape index (κ2) is 5.60. The first-order valence-corrected chi connectivity index (χ1v) is 5.02. The first kappa shape index (κ1) is 11.0. The highest BCUT2D eigenvalue weighted by Crippen LogP contribution is 2.17. The molecule has 78 valence electrons. The predicted molar refractivity (Wildman–Crippen MR) is 55.7 cm³/mol. The average molecular weight is 195 g/mol. The molecule has 0 saturated heterocycles. The van der Waals surface area contributed by atoms with Crippen LogP contribution in [0.25, 0.3) is 0 Å². The van der Waals surface area contributed by atoms with Crippen molar-refractivity contribution in [2.45, 2.75) is 32.2 Å². The molecule has 0 spiro atoms. The van der Waals surface area contributed by atoms with E-state index in [1.165, 1.54) is 6.08 Å². The smallest absolute Gasteiger partial charge is 0.330 e. The number of hydrogen-bond acceptors (Lipinski definition) is 3. The number of esters is 1. The lowest BCUT2D eigenvalue weighted by Gasteiger charge is -2.16. The van der Waals surface area contributed by atoms with Gasteiger partial charge >= 0.3 is 5.97 Å². The van der Waals surface area contributed by atoms with Crippen LogP contribution in [0.1, 0.15) is 26.2 Å². The Morgan fingerprint density at radius 3 is 3.21 bits per heavy atom. The van der Waals surface area contributed by atoms with E-state index in [-0.39, 0.29) is 12.0 Å². The Hall–Kier alpha value is -1.09. The molecule has 0 aromatic heterocycles. The summed E-state index contributed by atoms with van der Waals surface area (Å²) in [6, 6.07) is 0.238. The van der Waals surface area contributed by atoms with Crippen LogP contribution in [-0.2, 0) is 9.53 Å². The minimum absolute atomic E-state index is 0.238. The van der Waals surface area contributed by atoms with Crippen molar-refractivity contribution in [3.63, 3.8) is 0 Å². The summed E-state index contributed by atoms with van der Waals surface area (Å²) in [5.74, 6) is -0.285. The van der Waals surface area contributed by atoms with E-state index >= 15 is 0 Å². The molecule has 0 fully saturated rings. The molecule has 1 atom stereocenters. The van der Waals surface area contributed by atoms with Gasteiger partial charge in [-0.3, -0.25) is 0 Å². The van der Waals surface area contributed by atoms with Crippen molar-refractivity contribution >= 4 is 5.97 Å². The fourth-order valence-electron chi connectivity index (χ4n) is 1.47. The van der Waals surface area contributed by atoms with E-state index in [9.17, 15) is 4.79 Å². The van der Waals surface area contributed by atoms with Crippen LogP contribution in [0, 0.1) is 0 Å². The number of ether oxygens (including phenoxy) is 1. The summed E-state index contributed by atoms with van der Waals surface area (Å²) in [5.41, 5.74) is 6.94. The molecule has 0 saturated carbocycles. The molecule has 0 aromatic carbocycles. The highest BCUT2D eigenvalue weighted by molar-refractivity contribution is 5.82. The monoisotopic (exact) mass is 195 g/mol. The molecule has 0 radical (unpaired) electrons. The molecule has 14 heavy (non-hydrogen) atoms. The number of hydrogen-bond donors (Lipinski definition) is 1. The zero-order valence-corrected chi connectivity index (χ0v) is 8.53. The van der Waals surface area contributed by atoms with Gasteiger partial charge in [-0.1, -0.05) is 17.7 Å². The molecule has 3 nitrogen and oxygen atoms in total. The largest absolute Gasteiger partial charge is 0.463 e. The lowest BCUT2D eigenvalue weighted by Crippen LogP contribution is -2.22. The van der Waals surface area contributed by atoms with Crippen molar-refractivity contribution in [2.75, 3.05) is 6.61 Å². The average Bonchev–Trinajstić information content (AvgIpc) is 2.15. The Morgan fingerprint density at radius 1 is 1.79 bits per heavy atom. The Labute approximate surface area is 84.6 Å². The topological polar surface area (TPSA) is 52.3 Å². The minimum atomic E-state index is -0.285. The van der Waals surface area contributed by atoms with Crippen LogP contribution in [0.15, 0.2) is 23.8 Å². The zero-order valence-electron chi connectivity index (χ0n) is 8.53. The fourth-order valence-corrected chi connectivity index (χ4v) is 1.47. The van der Waals surface area contributed by atoms with Crippen molar-refractivity contribution in [1.82, 2.24) is 0 Å². The molecule has 1 aliphatic rings. The number of carbonyl (C=O) groups is 1. The van der Waals surface area contributed by atoms with Gasteiger partial charge in [0, 0.05) is 12.1 Å². The van der Waals surface area contributed by atoms with Gasteiger partial charge < -0.3 is 10.5 Å². The van der Waals surface area contributed by atoms with Gasteiger partial charge in [0.25, 0.3) is 0 Å². The van der Waals surface area contributed by atoms with E-state index in [1.54, 1.807) is 13.0 Å². The van der Waals surface area contributed by atoms with Crippen LogP contribution < -0.4 is 5.73 Å². The van der Waals surface area contributed by atoms with Crippen LogP contribution in [0.5, 0.6) is 0 Å². The van der Waals surface area contributed by atoms with Crippen molar-refractivity contribution < 1.29 is 9.53 Å². The number of nitrogens with two attached hydrogens (primary N) is 1. The Morgan fingerprint density at radius 2 is 2.57 bits per heavy atom. The van der Waals surface area contributed by atoms with Gasteiger partial charge in [0.15, 0.2) is 0 Å². The van der Waals surface area contributed by atoms with Crippen LogP contribution in [0.4, 0.5) is 0 Å². The molecular formula is C11H17NO2. The van der Waals surface area contributed by atoms with Gasteiger partial charge in [-0.15, -0.1) is 0 Å². The molecule has 0 amide bonds. The van der Waals surface area contributed by atoms with E-state index < -0.39 is 0 Å². The van der Waals surface area contributed by atoms with E-state index in [0.717, 1.165) is 24.8 Å². The van der Waals surface area contributed by atoms with Crippen LogP contribution in [0.2, 0.25) is 0 Å². The SMILES string of the molecule is CCOC(=O)/C=C/C1=CCCC(N)C1. The van der Waals surface area contributed by atoms with Gasteiger partial charge in [0.05, 0.1) is 6.61 Å². The maximum atomic E-state index is 11.0. The zero-order chi connectivity index (χ0) is 10.4.